The number of allylic oxidation sites excluding steroid dienone is 1. The highest BCUT2D eigenvalue weighted by Gasteiger charge is 2.27. The van der Waals surface area contributed by atoms with Crippen LogP contribution in [0.2, 0.25) is 0 Å². The van der Waals surface area contributed by atoms with Gasteiger partial charge in [0.1, 0.15) is 11.5 Å². The molecule has 4 aromatic rings. The molecule has 148 valence electrons. The average molecular weight is 459 g/mol. The molecular weight excluding hydrogens is 440 g/mol. The Morgan fingerprint density at radius 3 is 2.23 bits per heavy atom. The maximum Gasteiger partial charge on any atom is 0.226 e. The molecule has 0 aliphatic carbocycles. The summed E-state index contributed by atoms with van der Waals surface area (Å²) < 4.78 is 13.1. The monoisotopic (exact) mass is 458 g/mol. The smallest absolute Gasteiger partial charge is 0.226 e. The topological polar surface area (TPSA) is 38.5 Å². The first-order valence-electron chi connectivity index (χ1n) is 9.72. The van der Waals surface area contributed by atoms with Crippen molar-refractivity contribution in [3.05, 3.63) is 88.7 Å². The van der Waals surface area contributed by atoms with Crippen LogP contribution < -0.4 is 9.64 Å². The molecule has 0 saturated heterocycles. The molecule has 0 amide bonds. The van der Waals surface area contributed by atoms with Gasteiger partial charge < -0.3 is 14.1 Å². The van der Waals surface area contributed by atoms with E-state index in [-0.39, 0.29) is 0 Å². The standard InChI is InChI=1S/C25H19BrN2O2/c1-3-8-19-16(2)29-25(27-19)17-13-14-18(26)22(15-17)28-20-9-4-6-11-23(20)30-24-12-7-5-10-21(24)28/h3-15H,1-2H3/b8-3-. The summed E-state index contributed by atoms with van der Waals surface area (Å²) in [5.74, 6) is 3.03. The summed E-state index contributed by atoms with van der Waals surface area (Å²) in [5, 5.41) is 0. The number of halogens is 1. The van der Waals surface area contributed by atoms with Gasteiger partial charge >= 0.3 is 0 Å². The van der Waals surface area contributed by atoms with E-state index in [4.69, 9.17) is 9.15 Å². The molecule has 0 N–H and O–H groups in total. The van der Waals surface area contributed by atoms with Gasteiger partial charge in [0.25, 0.3) is 0 Å². The lowest BCUT2D eigenvalue weighted by molar-refractivity contribution is 0.477. The minimum absolute atomic E-state index is 0.601. The zero-order valence-electron chi connectivity index (χ0n) is 16.6. The Kier molecular flexibility index (Phi) is 4.68. The Morgan fingerprint density at radius 1 is 0.900 bits per heavy atom. The highest BCUT2D eigenvalue weighted by atomic mass is 79.9. The van der Waals surface area contributed by atoms with E-state index >= 15 is 0 Å². The van der Waals surface area contributed by atoms with Crippen molar-refractivity contribution in [1.82, 2.24) is 4.98 Å². The number of fused-ring (bicyclic) bond motifs is 2. The SMILES string of the molecule is C/C=C\c1nc(-c2ccc(Br)c(N3c4ccccc4Oc4ccccc43)c2)oc1C. The number of aryl methyl sites for hydroxylation is 1. The predicted octanol–water partition coefficient (Wildman–Crippen LogP) is 8.02. The van der Waals surface area contributed by atoms with Crippen molar-refractivity contribution in [2.24, 2.45) is 0 Å². The van der Waals surface area contributed by atoms with Gasteiger partial charge in [-0.25, -0.2) is 4.98 Å². The third-order valence-electron chi connectivity index (χ3n) is 5.02. The third kappa shape index (κ3) is 3.12. The van der Waals surface area contributed by atoms with Crippen LogP contribution in [0.3, 0.4) is 0 Å². The first-order valence-corrected chi connectivity index (χ1v) is 10.5. The Hall–Kier alpha value is -3.31. The lowest BCUT2D eigenvalue weighted by atomic mass is 10.1. The predicted molar refractivity (Wildman–Crippen MR) is 124 cm³/mol. The number of hydrogen-bond acceptors (Lipinski definition) is 4. The van der Waals surface area contributed by atoms with Crippen molar-refractivity contribution < 1.29 is 9.15 Å². The lowest BCUT2D eigenvalue weighted by Gasteiger charge is -2.33. The molecule has 0 saturated carbocycles. The number of aromatic nitrogens is 1. The summed E-state index contributed by atoms with van der Waals surface area (Å²) in [5.41, 5.74) is 4.70. The summed E-state index contributed by atoms with van der Waals surface area (Å²) in [6.07, 6.45) is 3.92. The number of oxazole rings is 1. The Labute approximate surface area is 183 Å². The van der Waals surface area contributed by atoms with Crippen molar-refractivity contribution in [2.45, 2.75) is 13.8 Å². The van der Waals surface area contributed by atoms with E-state index in [9.17, 15) is 0 Å². The molecule has 1 aliphatic heterocycles. The second kappa shape index (κ2) is 7.50. The molecule has 2 heterocycles. The second-order valence-electron chi connectivity index (χ2n) is 7.00. The van der Waals surface area contributed by atoms with Gasteiger partial charge in [-0.05, 0) is 78.3 Å². The molecule has 4 nitrogen and oxygen atoms in total. The van der Waals surface area contributed by atoms with Gasteiger partial charge in [-0.15, -0.1) is 0 Å². The third-order valence-corrected chi connectivity index (χ3v) is 5.69. The van der Waals surface area contributed by atoms with Crippen LogP contribution in [0.25, 0.3) is 17.5 Å². The summed E-state index contributed by atoms with van der Waals surface area (Å²) in [7, 11) is 0. The minimum atomic E-state index is 0.601. The highest BCUT2D eigenvalue weighted by Crippen LogP contribution is 2.52. The summed E-state index contributed by atoms with van der Waals surface area (Å²) in [6.45, 7) is 3.90. The molecule has 0 spiro atoms. The van der Waals surface area contributed by atoms with Crippen LogP contribution in [0, 0.1) is 6.92 Å². The van der Waals surface area contributed by atoms with Crippen molar-refractivity contribution in [2.75, 3.05) is 4.90 Å². The van der Waals surface area contributed by atoms with E-state index in [1.165, 1.54) is 0 Å². The van der Waals surface area contributed by atoms with Crippen molar-refractivity contribution in [1.29, 1.82) is 0 Å². The fourth-order valence-electron chi connectivity index (χ4n) is 3.63. The van der Waals surface area contributed by atoms with Gasteiger partial charge in [0.15, 0.2) is 11.5 Å². The molecule has 1 aliphatic rings. The molecule has 3 aromatic carbocycles. The van der Waals surface area contributed by atoms with E-state index < -0.39 is 0 Å². The van der Waals surface area contributed by atoms with E-state index in [1.54, 1.807) is 0 Å². The zero-order valence-corrected chi connectivity index (χ0v) is 18.2. The average Bonchev–Trinajstić information content (AvgIpc) is 3.13. The van der Waals surface area contributed by atoms with Gasteiger partial charge in [0.05, 0.1) is 17.1 Å². The number of nitrogens with zero attached hydrogens (tertiary/aromatic N) is 2. The normalized spacial score (nSPS) is 12.6. The lowest BCUT2D eigenvalue weighted by Crippen LogP contribution is -2.16. The molecule has 0 bridgehead atoms. The van der Waals surface area contributed by atoms with Gasteiger partial charge in [-0.2, -0.15) is 0 Å². The highest BCUT2D eigenvalue weighted by molar-refractivity contribution is 9.10. The quantitative estimate of drug-likeness (QED) is 0.274. The van der Waals surface area contributed by atoms with Crippen LogP contribution in [0.5, 0.6) is 11.5 Å². The maximum atomic E-state index is 6.13. The van der Waals surface area contributed by atoms with Crippen LogP contribution in [-0.2, 0) is 0 Å². The maximum absolute atomic E-state index is 6.13. The molecule has 0 atom stereocenters. The molecule has 5 rings (SSSR count). The number of rotatable bonds is 3. The second-order valence-corrected chi connectivity index (χ2v) is 7.85. The van der Waals surface area contributed by atoms with Crippen LogP contribution in [0.15, 0.2) is 81.7 Å². The van der Waals surface area contributed by atoms with E-state index in [0.29, 0.717) is 5.89 Å². The summed E-state index contributed by atoms with van der Waals surface area (Å²) >= 11 is 3.74. The van der Waals surface area contributed by atoms with Crippen molar-refractivity contribution in [3.63, 3.8) is 0 Å². The van der Waals surface area contributed by atoms with Gasteiger partial charge in [0, 0.05) is 10.0 Å². The first kappa shape index (κ1) is 18.7. The molecule has 30 heavy (non-hydrogen) atoms. The fraction of sp³-hybridized carbons (Fsp3) is 0.0800. The Bertz CT molecular complexity index is 1230. The number of para-hydroxylation sites is 4. The summed E-state index contributed by atoms with van der Waals surface area (Å²) in [6, 6.07) is 22.2. The number of hydrogen-bond donors (Lipinski definition) is 0. The molecule has 0 radical (unpaired) electrons. The number of benzene rings is 3. The van der Waals surface area contributed by atoms with Crippen molar-refractivity contribution >= 4 is 39.1 Å². The summed E-state index contributed by atoms with van der Waals surface area (Å²) in [4.78, 5) is 6.86. The minimum Gasteiger partial charge on any atom is -0.453 e. The molecule has 0 fully saturated rings. The molecule has 0 unspecified atom stereocenters. The van der Waals surface area contributed by atoms with E-state index in [0.717, 1.165) is 50.1 Å². The Balaban J connectivity index is 1.69. The number of ether oxygens (including phenoxy) is 1. The zero-order chi connectivity index (χ0) is 20.7. The largest absolute Gasteiger partial charge is 0.453 e. The van der Waals surface area contributed by atoms with Crippen molar-refractivity contribution in [3.8, 4) is 23.0 Å². The van der Waals surface area contributed by atoms with Crippen LogP contribution in [0.4, 0.5) is 17.1 Å². The molecular formula is C25H19BrN2O2. The van der Waals surface area contributed by atoms with Gasteiger partial charge in [-0.3, -0.25) is 0 Å². The number of anilines is 3. The van der Waals surface area contributed by atoms with Gasteiger partial charge in [0.2, 0.25) is 5.89 Å². The first-order chi connectivity index (χ1) is 14.7. The van der Waals surface area contributed by atoms with E-state index in [2.05, 4.69) is 44.0 Å². The van der Waals surface area contributed by atoms with Gasteiger partial charge in [-0.1, -0.05) is 30.3 Å². The molecule has 5 heteroatoms. The van der Waals surface area contributed by atoms with E-state index in [1.807, 2.05) is 74.5 Å². The Morgan fingerprint density at radius 2 is 1.57 bits per heavy atom. The van der Waals surface area contributed by atoms with Crippen LogP contribution in [0.1, 0.15) is 18.4 Å². The fourth-order valence-corrected chi connectivity index (χ4v) is 4.05. The molecule has 1 aromatic heterocycles. The van der Waals surface area contributed by atoms with Crippen LogP contribution >= 0.6 is 15.9 Å². The van der Waals surface area contributed by atoms with Crippen LogP contribution in [-0.4, -0.2) is 4.98 Å².